The molecule has 1 fully saturated rings. The van der Waals surface area contributed by atoms with E-state index < -0.39 is 0 Å². The van der Waals surface area contributed by atoms with Gasteiger partial charge in [0.25, 0.3) is 0 Å². The molecular weight excluding hydrogens is 218 g/mol. The summed E-state index contributed by atoms with van der Waals surface area (Å²) in [5.74, 6) is 0. The molecule has 0 spiro atoms. The number of methoxy groups -OCH3 is 1. The van der Waals surface area contributed by atoms with Crippen molar-refractivity contribution in [2.45, 2.75) is 57.3 Å². The van der Waals surface area contributed by atoms with E-state index in [1.54, 1.807) is 7.11 Å². The van der Waals surface area contributed by atoms with Crippen LogP contribution in [0.3, 0.4) is 0 Å². The molecule has 0 radical (unpaired) electrons. The third-order valence-electron chi connectivity index (χ3n) is 3.22. The largest absolute Gasteiger partial charge is 0.382 e. The van der Waals surface area contributed by atoms with E-state index in [0.717, 1.165) is 19.4 Å². The van der Waals surface area contributed by atoms with Gasteiger partial charge in [-0.05, 0) is 12.8 Å². The van der Waals surface area contributed by atoms with Gasteiger partial charge in [0.05, 0.1) is 25.4 Å². The van der Waals surface area contributed by atoms with Crippen LogP contribution in [0.15, 0.2) is 0 Å². The van der Waals surface area contributed by atoms with Crippen molar-refractivity contribution in [1.29, 1.82) is 0 Å². The fourth-order valence-electron chi connectivity index (χ4n) is 2.04. The highest BCUT2D eigenvalue weighted by atomic mass is 16.6. The highest BCUT2D eigenvalue weighted by Gasteiger charge is 2.40. The normalized spacial score (nSPS) is 28.1. The van der Waals surface area contributed by atoms with Crippen molar-refractivity contribution in [3.8, 4) is 0 Å². The predicted octanol–water partition coefficient (Wildman–Crippen LogP) is 1.71. The molecule has 17 heavy (non-hydrogen) atoms. The fourth-order valence-corrected chi connectivity index (χ4v) is 2.04. The Kier molecular flexibility index (Phi) is 7.77. The van der Waals surface area contributed by atoms with Crippen LogP contribution < -0.4 is 5.73 Å². The van der Waals surface area contributed by atoms with Gasteiger partial charge in [0.2, 0.25) is 0 Å². The molecule has 102 valence electrons. The second kappa shape index (κ2) is 8.86. The molecule has 0 bridgehead atoms. The van der Waals surface area contributed by atoms with Crippen molar-refractivity contribution in [1.82, 2.24) is 0 Å². The van der Waals surface area contributed by atoms with Crippen LogP contribution in [0.5, 0.6) is 0 Å². The molecule has 3 atom stereocenters. The van der Waals surface area contributed by atoms with Gasteiger partial charge in [-0.2, -0.15) is 0 Å². The van der Waals surface area contributed by atoms with E-state index in [2.05, 4.69) is 6.92 Å². The topological polar surface area (TPSA) is 53.7 Å². The molecule has 0 amide bonds. The maximum atomic E-state index is 5.90. The predicted molar refractivity (Wildman–Crippen MR) is 68.1 cm³/mol. The Labute approximate surface area is 105 Å². The Morgan fingerprint density at radius 1 is 1.06 bits per heavy atom. The lowest BCUT2D eigenvalue weighted by molar-refractivity contribution is -0.145. The van der Waals surface area contributed by atoms with Crippen LogP contribution in [-0.2, 0) is 14.2 Å². The third kappa shape index (κ3) is 5.34. The molecule has 0 aromatic rings. The molecule has 0 saturated heterocycles. The molecule has 1 aliphatic rings. The standard InChI is InChI=1S/C13H27NO3/c1-3-4-5-6-7-16-12-10-11(14)13(12)17-9-8-15-2/h11-13H,3-10,14H2,1-2H3. The number of unbranched alkanes of at least 4 members (excludes halogenated alkanes) is 3. The quantitative estimate of drug-likeness (QED) is 0.595. The zero-order chi connectivity index (χ0) is 12.5. The molecule has 0 heterocycles. The average molecular weight is 245 g/mol. The van der Waals surface area contributed by atoms with Gasteiger partial charge in [0, 0.05) is 19.8 Å². The van der Waals surface area contributed by atoms with E-state index in [4.69, 9.17) is 19.9 Å². The Hall–Kier alpha value is -0.160. The molecule has 1 rings (SSSR count). The Morgan fingerprint density at radius 3 is 2.53 bits per heavy atom. The molecule has 1 aliphatic carbocycles. The van der Waals surface area contributed by atoms with Gasteiger partial charge in [-0.25, -0.2) is 0 Å². The van der Waals surface area contributed by atoms with Gasteiger partial charge in [0.1, 0.15) is 0 Å². The highest BCUT2D eigenvalue weighted by molar-refractivity contribution is 4.95. The zero-order valence-corrected chi connectivity index (χ0v) is 11.2. The zero-order valence-electron chi connectivity index (χ0n) is 11.2. The molecule has 3 unspecified atom stereocenters. The first-order valence-corrected chi connectivity index (χ1v) is 6.77. The average Bonchev–Trinajstić information content (AvgIpc) is 2.33. The number of rotatable bonds is 10. The maximum Gasteiger partial charge on any atom is 0.0989 e. The van der Waals surface area contributed by atoms with Crippen molar-refractivity contribution in [2.24, 2.45) is 5.73 Å². The lowest BCUT2D eigenvalue weighted by Crippen LogP contribution is -2.58. The summed E-state index contributed by atoms with van der Waals surface area (Å²) in [7, 11) is 1.67. The van der Waals surface area contributed by atoms with Gasteiger partial charge >= 0.3 is 0 Å². The van der Waals surface area contributed by atoms with E-state index in [-0.39, 0.29) is 18.2 Å². The molecular formula is C13H27NO3. The molecule has 1 saturated carbocycles. The first-order chi connectivity index (χ1) is 8.29. The lowest BCUT2D eigenvalue weighted by atomic mass is 9.86. The number of hydrogen-bond acceptors (Lipinski definition) is 4. The van der Waals surface area contributed by atoms with E-state index >= 15 is 0 Å². The molecule has 0 aromatic heterocycles. The van der Waals surface area contributed by atoms with Crippen LogP contribution in [0.2, 0.25) is 0 Å². The van der Waals surface area contributed by atoms with Crippen LogP contribution in [-0.4, -0.2) is 45.2 Å². The summed E-state index contributed by atoms with van der Waals surface area (Å²) in [5.41, 5.74) is 5.90. The van der Waals surface area contributed by atoms with E-state index in [1.807, 2.05) is 0 Å². The Balaban J connectivity index is 2.03. The molecule has 4 heteroatoms. The Bertz CT molecular complexity index is 190. The monoisotopic (exact) mass is 245 g/mol. The van der Waals surface area contributed by atoms with Crippen molar-refractivity contribution in [3.63, 3.8) is 0 Å². The van der Waals surface area contributed by atoms with E-state index in [1.165, 1.54) is 19.3 Å². The number of nitrogens with two attached hydrogens (primary N) is 1. The van der Waals surface area contributed by atoms with E-state index in [9.17, 15) is 0 Å². The smallest absolute Gasteiger partial charge is 0.0989 e. The summed E-state index contributed by atoms with van der Waals surface area (Å²) in [5, 5.41) is 0. The van der Waals surface area contributed by atoms with Crippen LogP contribution in [0.4, 0.5) is 0 Å². The van der Waals surface area contributed by atoms with Crippen molar-refractivity contribution >= 4 is 0 Å². The van der Waals surface area contributed by atoms with Gasteiger partial charge in [-0.15, -0.1) is 0 Å². The SMILES string of the molecule is CCCCCCOC1CC(N)C1OCCOC. The van der Waals surface area contributed by atoms with Crippen LogP contribution in [0.25, 0.3) is 0 Å². The van der Waals surface area contributed by atoms with Crippen molar-refractivity contribution in [2.75, 3.05) is 26.9 Å². The summed E-state index contributed by atoms with van der Waals surface area (Å²) >= 11 is 0. The van der Waals surface area contributed by atoms with Crippen LogP contribution >= 0.6 is 0 Å². The molecule has 2 N–H and O–H groups in total. The fraction of sp³-hybridized carbons (Fsp3) is 1.00. The summed E-state index contributed by atoms with van der Waals surface area (Å²) in [4.78, 5) is 0. The number of hydrogen-bond donors (Lipinski definition) is 1. The minimum absolute atomic E-state index is 0.0660. The van der Waals surface area contributed by atoms with Crippen LogP contribution in [0, 0.1) is 0 Å². The number of ether oxygens (including phenoxy) is 3. The van der Waals surface area contributed by atoms with Gasteiger partial charge in [-0.3, -0.25) is 0 Å². The van der Waals surface area contributed by atoms with Crippen molar-refractivity contribution in [3.05, 3.63) is 0 Å². The first kappa shape index (κ1) is 14.9. The van der Waals surface area contributed by atoms with E-state index in [0.29, 0.717) is 13.2 Å². The molecule has 4 nitrogen and oxygen atoms in total. The summed E-state index contributed by atoms with van der Waals surface area (Å²) in [6.45, 7) is 4.27. The van der Waals surface area contributed by atoms with Gasteiger partial charge in [0.15, 0.2) is 0 Å². The third-order valence-corrected chi connectivity index (χ3v) is 3.22. The second-order valence-corrected chi connectivity index (χ2v) is 4.70. The minimum atomic E-state index is 0.0660. The summed E-state index contributed by atoms with van der Waals surface area (Å²) in [6, 6.07) is 0.132. The lowest BCUT2D eigenvalue weighted by Gasteiger charge is -2.41. The van der Waals surface area contributed by atoms with Crippen molar-refractivity contribution < 1.29 is 14.2 Å². The summed E-state index contributed by atoms with van der Waals surface area (Å²) < 4.78 is 16.4. The second-order valence-electron chi connectivity index (χ2n) is 4.70. The molecule has 0 aliphatic heterocycles. The maximum absolute atomic E-state index is 5.90. The molecule has 0 aromatic carbocycles. The Morgan fingerprint density at radius 2 is 1.88 bits per heavy atom. The van der Waals surface area contributed by atoms with Crippen LogP contribution in [0.1, 0.15) is 39.0 Å². The van der Waals surface area contributed by atoms with Gasteiger partial charge in [-0.1, -0.05) is 26.2 Å². The summed E-state index contributed by atoms with van der Waals surface area (Å²) in [6.07, 6.45) is 6.14. The highest BCUT2D eigenvalue weighted by Crippen LogP contribution is 2.25. The first-order valence-electron chi connectivity index (χ1n) is 6.77. The minimum Gasteiger partial charge on any atom is -0.382 e. The van der Waals surface area contributed by atoms with Gasteiger partial charge < -0.3 is 19.9 Å².